The molecule has 0 bridgehead atoms. The van der Waals surface area contributed by atoms with Crippen LogP contribution in [-0.4, -0.2) is 38.3 Å². The third-order valence-electron chi connectivity index (χ3n) is 3.55. The maximum absolute atomic E-state index is 13.8. The second-order valence-corrected chi connectivity index (χ2v) is 5.30. The van der Waals surface area contributed by atoms with Gasteiger partial charge in [0.15, 0.2) is 17.5 Å². The molecule has 6 nitrogen and oxygen atoms in total. The predicted molar refractivity (Wildman–Crippen MR) is 95.6 cm³/mol. The first kappa shape index (κ1) is 18.5. The molecule has 134 valence electrons. The summed E-state index contributed by atoms with van der Waals surface area (Å²) in [6.07, 6.45) is 3.35. The number of pyridine rings is 1. The summed E-state index contributed by atoms with van der Waals surface area (Å²) in [6.45, 7) is 2.97. The molecule has 1 atom stereocenters. The molecule has 0 aliphatic rings. The third kappa shape index (κ3) is 5.63. The lowest BCUT2D eigenvalue weighted by molar-refractivity contribution is 0.320. The van der Waals surface area contributed by atoms with Crippen LogP contribution >= 0.6 is 0 Å². The first-order valence-electron chi connectivity index (χ1n) is 7.97. The molecule has 0 aliphatic heterocycles. The van der Waals surface area contributed by atoms with Crippen LogP contribution in [0, 0.1) is 5.82 Å². The van der Waals surface area contributed by atoms with Crippen molar-refractivity contribution in [2.45, 2.75) is 13.0 Å². The molecule has 0 radical (unpaired) electrons. The van der Waals surface area contributed by atoms with Crippen molar-refractivity contribution in [3.8, 4) is 11.5 Å². The number of hydrogen-bond donors (Lipinski definition) is 2. The molecule has 1 unspecified atom stereocenters. The largest absolute Gasteiger partial charge is 0.494 e. The minimum atomic E-state index is -0.388. The van der Waals surface area contributed by atoms with E-state index in [9.17, 15) is 4.39 Å². The van der Waals surface area contributed by atoms with Gasteiger partial charge in [-0.1, -0.05) is 6.07 Å². The van der Waals surface area contributed by atoms with E-state index in [0.717, 1.165) is 5.56 Å². The number of hydrogen-bond acceptors (Lipinski definition) is 4. The molecular weight excluding hydrogens is 323 g/mol. The standard InChI is InChI=1S/C18H23FN4O2/c1-13(14-6-7-17(24-3)16(19)11-14)23-18(20-2)22-9-10-25-15-5-4-8-21-12-15/h4-8,11-13H,9-10H2,1-3H3,(H2,20,22,23). The van der Waals surface area contributed by atoms with Gasteiger partial charge < -0.3 is 20.1 Å². The van der Waals surface area contributed by atoms with Gasteiger partial charge in [-0.05, 0) is 36.8 Å². The Hall–Kier alpha value is -2.83. The monoisotopic (exact) mass is 346 g/mol. The van der Waals surface area contributed by atoms with Crippen molar-refractivity contribution >= 4 is 5.96 Å². The summed E-state index contributed by atoms with van der Waals surface area (Å²) in [4.78, 5) is 8.15. The van der Waals surface area contributed by atoms with Gasteiger partial charge >= 0.3 is 0 Å². The topological polar surface area (TPSA) is 67.8 Å². The summed E-state index contributed by atoms with van der Waals surface area (Å²) in [6, 6.07) is 8.43. The van der Waals surface area contributed by atoms with Crippen molar-refractivity contribution in [3.63, 3.8) is 0 Å². The molecule has 0 aliphatic carbocycles. The fraction of sp³-hybridized carbons (Fsp3) is 0.333. The SMILES string of the molecule is CN=C(NCCOc1cccnc1)NC(C)c1ccc(OC)c(F)c1. The Balaban J connectivity index is 1.81. The number of aliphatic imine (C=N–C) groups is 1. The molecule has 1 aromatic heterocycles. The van der Waals surface area contributed by atoms with Crippen molar-refractivity contribution < 1.29 is 13.9 Å². The third-order valence-corrected chi connectivity index (χ3v) is 3.55. The number of methoxy groups -OCH3 is 1. The van der Waals surface area contributed by atoms with Crippen LogP contribution < -0.4 is 20.1 Å². The van der Waals surface area contributed by atoms with Gasteiger partial charge in [-0.15, -0.1) is 0 Å². The number of aromatic nitrogens is 1. The Labute approximate surface area is 147 Å². The Bertz CT molecular complexity index is 695. The highest BCUT2D eigenvalue weighted by Crippen LogP contribution is 2.21. The van der Waals surface area contributed by atoms with Gasteiger partial charge in [0.25, 0.3) is 0 Å². The zero-order chi connectivity index (χ0) is 18.1. The van der Waals surface area contributed by atoms with Crippen LogP contribution in [0.3, 0.4) is 0 Å². The summed E-state index contributed by atoms with van der Waals surface area (Å²) in [5, 5.41) is 6.36. The van der Waals surface area contributed by atoms with E-state index >= 15 is 0 Å². The van der Waals surface area contributed by atoms with Crippen LogP contribution in [0.25, 0.3) is 0 Å². The van der Waals surface area contributed by atoms with E-state index in [-0.39, 0.29) is 17.6 Å². The Morgan fingerprint density at radius 3 is 2.84 bits per heavy atom. The fourth-order valence-corrected chi connectivity index (χ4v) is 2.21. The normalized spacial score (nSPS) is 12.4. The van der Waals surface area contributed by atoms with Gasteiger partial charge in [-0.25, -0.2) is 4.39 Å². The molecule has 2 N–H and O–H groups in total. The van der Waals surface area contributed by atoms with Gasteiger partial charge in [0.05, 0.1) is 25.9 Å². The fourth-order valence-electron chi connectivity index (χ4n) is 2.21. The van der Waals surface area contributed by atoms with Crippen LogP contribution in [0.2, 0.25) is 0 Å². The van der Waals surface area contributed by atoms with Crippen molar-refractivity contribution in [1.29, 1.82) is 0 Å². The van der Waals surface area contributed by atoms with Gasteiger partial charge in [0, 0.05) is 13.2 Å². The molecule has 0 saturated carbocycles. The molecule has 1 aromatic carbocycles. The van der Waals surface area contributed by atoms with E-state index in [1.165, 1.54) is 13.2 Å². The molecule has 0 fully saturated rings. The van der Waals surface area contributed by atoms with Gasteiger partial charge in [-0.2, -0.15) is 0 Å². The van der Waals surface area contributed by atoms with Gasteiger partial charge in [0.1, 0.15) is 12.4 Å². The molecular formula is C18H23FN4O2. The number of nitrogens with zero attached hydrogens (tertiary/aromatic N) is 2. The van der Waals surface area contributed by atoms with Crippen LogP contribution in [0.1, 0.15) is 18.5 Å². The molecule has 2 aromatic rings. The second-order valence-electron chi connectivity index (χ2n) is 5.30. The number of guanidine groups is 1. The van der Waals surface area contributed by atoms with E-state index in [0.29, 0.717) is 24.9 Å². The smallest absolute Gasteiger partial charge is 0.191 e. The van der Waals surface area contributed by atoms with Crippen molar-refractivity contribution in [3.05, 3.63) is 54.1 Å². The predicted octanol–water partition coefficient (Wildman–Crippen LogP) is 2.53. The molecule has 0 saturated heterocycles. The summed E-state index contributed by atoms with van der Waals surface area (Å²) in [7, 11) is 3.12. The minimum Gasteiger partial charge on any atom is -0.494 e. The minimum absolute atomic E-state index is 0.120. The first-order chi connectivity index (χ1) is 12.1. The van der Waals surface area contributed by atoms with E-state index in [4.69, 9.17) is 9.47 Å². The molecule has 0 spiro atoms. The van der Waals surface area contributed by atoms with Crippen LogP contribution in [-0.2, 0) is 0 Å². The Morgan fingerprint density at radius 2 is 2.20 bits per heavy atom. The summed E-state index contributed by atoms with van der Waals surface area (Å²) < 4.78 is 24.3. The number of halogens is 1. The summed E-state index contributed by atoms with van der Waals surface area (Å²) >= 11 is 0. The summed E-state index contributed by atoms with van der Waals surface area (Å²) in [5.41, 5.74) is 0.799. The van der Waals surface area contributed by atoms with Gasteiger partial charge in [0.2, 0.25) is 0 Å². The molecule has 25 heavy (non-hydrogen) atoms. The highest BCUT2D eigenvalue weighted by atomic mass is 19.1. The van der Waals surface area contributed by atoms with Crippen LogP contribution in [0.4, 0.5) is 4.39 Å². The van der Waals surface area contributed by atoms with E-state index in [2.05, 4.69) is 20.6 Å². The number of ether oxygens (including phenoxy) is 2. The second kappa shape index (κ2) is 9.46. The first-order valence-corrected chi connectivity index (χ1v) is 7.97. The van der Waals surface area contributed by atoms with E-state index in [1.54, 1.807) is 25.5 Å². The van der Waals surface area contributed by atoms with Crippen LogP contribution in [0.5, 0.6) is 11.5 Å². The number of nitrogens with one attached hydrogen (secondary N) is 2. The van der Waals surface area contributed by atoms with Gasteiger partial charge in [-0.3, -0.25) is 9.98 Å². The van der Waals surface area contributed by atoms with Crippen molar-refractivity contribution in [2.75, 3.05) is 27.3 Å². The molecule has 7 heteroatoms. The number of rotatable bonds is 7. The Kier molecular flexibility index (Phi) is 7.00. The van der Waals surface area contributed by atoms with Crippen LogP contribution in [0.15, 0.2) is 47.7 Å². The highest BCUT2D eigenvalue weighted by molar-refractivity contribution is 5.80. The highest BCUT2D eigenvalue weighted by Gasteiger charge is 2.11. The van der Waals surface area contributed by atoms with Crippen molar-refractivity contribution in [1.82, 2.24) is 15.6 Å². The lowest BCUT2D eigenvalue weighted by Gasteiger charge is -2.19. The summed E-state index contributed by atoms with van der Waals surface area (Å²) in [5.74, 6) is 1.17. The molecule has 0 amide bonds. The number of benzene rings is 1. The lowest BCUT2D eigenvalue weighted by Crippen LogP contribution is -2.40. The van der Waals surface area contributed by atoms with E-state index < -0.39 is 0 Å². The average molecular weight is 346 g/mol. The zero-order valence-corrected chi connectivity index (χ0v) is 14.6. The molecule has 2 rings (SSSR count). The molecule has 1 heterocycles. The van der Waals surface area contributed by atoms with Crippen molar-refractivity contribution in [2.24, 2.45) is 4.99 Å². The Morgan fingerprint density at radius 1 is 1.36 bits per heavy atom. The maximum Gasteiger partial charge on any atom is 0.191 e. The lowest BCUT2D eigenvalue weighted by atomic mass is 10.1. The maximum atomic E-state index is 13.8. The average Bonchev–Trinajstić information content (AvgIpc) is 2.64. The zero-order valence-electron chi connectivity index (χ0n) is 14.6. The van der Waals surface area contributed by atoms with E-state index in [1.807, 2.05) is 25.1 Å². The quantitative estimate of drug-likeness (QED) is 0.458.